The first-order valence-corrected chi connectivity index (χ1v) is 11.7. The molecule has 3 saturated heterocycles. The van der Waals surface area contributed by atoms with Crippen LogP contribution < -0.4 is 9.80 Å². The molecule has 0 bridgehead atoms. The standard InChI is InChI=1S/C25H29N5O3/c31-14-19-1-2-23(11-20(19)15-32)28-9-5-25(6-10-28)17-30(18-25)22-3-7-29(8-4-22)24-13-26-21(16-33)12-27-24/h1-2,11-16,22H,3-10,17-18H2. The molecule has 0 aliphatic carbocycles. The molecule has 3 aliphatic rings. The summed E-state index contributed by atoms with van der Waals surface area (Å²) in [6.45, 7) is 6.24. The summed E-state index contributed by atoms with van der Waals surface area (Å²) >= 11 is 0. The maximum absolute atomic E-state index is 11.3. The first-order chi connectivity index (χ1) is 16.1. The van der Waals surface area contributed by atoms with E-state index in [0.29, 0.717) is 28.3 Å². The molecule has 0 saturated carbocycles. The second-order valence-electron chi connectivity index (χ2n) is 9.58. The molecule has 3 aliphatic heterocycles. The van der Waals surface area contributed by atoms with Crippen molar-refractivity contribution in [1.29, 1.82) is 0 Å². The molecule has 8 heteroatoms. The van der Waals surface area contributed by atoms with Crippen LogP contribution in [0.4, 0.5) is 11.5 Å². The molecule has 33 heavy (non-hydrogen) atoms. The lowest BCUT2D eigenvalue weighted by atomic mass is 9.70. The number of carbonyl (C=O) groups is 3. The maximum Gasteiger partial charge on any atom is 0.170 e. The zero-order valence-corrected chi connectivity index (χ0v) is 18.7. The lowest BCUT2D eigenvalue weighted by Gasteiger charge is -2.57. The van der Waals surface area contributed by atoms with Crippen molar-refractivity contribution in [1.82, 2.24) is 14.9 Å². The van der Waals surface area contributed by atoms with Crippen LogP contribution in [0.25, 0.3) is 0 Å². The molecule has 0 N–H and O–H groups in total. The topological polar surface area (TPSA) is 86.7 Å². The average Bonchev–Trinajstić information content (AvgIpc) is 2.87. The molecule has 1 spiro atoms. The Morgan fingerprint density at radius 1 is 0.818 bits per heavy atom. The largest absolute Gasteiger partial charge is 0.371 e. The lowest BCUT2D eigenvalue weighted by molar-refractivity contribution is -0.0523. The van der Waals surface area contributed by atoms with Gasteiger partial charge in [-0.3, -0.25) is 19.3 Å². The molecule has 2 aromatic rings. The van der Waals surface area contributed by atoms with Gasteiger partial charge in [0.2, 0.25) is 0 Å². The van der Waals surface area contributed by atoms with Crippen molar-refractivity contribution in [2.24, 2.45) is 5.41 Å². The van der Waals surface area contributed by atoms with Crippen molar-refractivity contribution in [3.63, 3.8) is 0 Å². The second-order valence-corrected chi connectivity index (χ2v) is 9.58. The van der Waals surface area contributed by atoms with Crippen LogP contribution in [-0.2, 0) is 0 Å². The smallest absolute Gasteiger partial charge is 0.170 e. The van der Waals surface area contributed by atoms with Gasteiger partial charge in [-0.1, -0.05) is 0 Å². The fourth-order valence-electron chi connectivity index (χ4n) is 5.61. The molecular weight excluding hydrogens is 418 g/mol. The Morgan fingerprint density at radius 2 is 1.55 bits per heavy atom. The minimum absolute atomic E-state index is 0.368. The van der Waals surface area contributed by atoms with Gasteiger partial charge in [0.25, 0.3) is 0 Å². The fraction of sp³-hybridized carbons (Fsp3) is 0.480. The van der Waals surface area contributed by atoms with E-state index in [9.17, 15) is 14.4 Å². The number of hydrogen-bond acceptors (Lipinski definition) is 8. The molecular formula is C25H29N5O3. The van der Waals surface area contributed by atoms with Gasteiger partial charge in [-0.25, -0.2) is 9.97 Å². The number of carbonyl (C=O) groups excluding carboxylic acids is 3. The van der Waals surface area contributed by atoms with E-state index < -0.39 is 0 Å². The minimum Gasteiger partial charge on any atom is -0.371 e. The zero-order chi connectivity index (χ0) is 22.8. The van der Waals surface area contributed by atoms with Crippen LogP contribution in [0, 0.1) is 5.41 Å². The second kappa shape index (κ2) is 9.02. The number of anilines is 2. The highest BCUT2D eigenvalue weighted by molar-refractivity contribution is 5.91. The number of piperidine rings is 2. The SMILES string of the molecule is O=Cc1cnc(N2CCC(N3CC4(CCN(c5ccc(C=O)c(C=O)c5)CC4)C3)CC2)cn1. The zero-order valence-electron chi connectivity index (χ0n) is 18.7. The van der Waals surface area contributed by atoms with Gasteiger partial charge in [0.05, 0.1) is 12.4 Å². The molecule has 3 fully saturated rings. The molecule has 0 unspecified atom stereocenters. The van der Waals surface area contributed by atoms with Crippen LogP contribution in [0.3, 0.4) is 0 Å². The van der Waals surface area contributed by atoms with Gasteiger partial charge >= 0.3 is 0 Å². The van der Waals surface area contributed by atoms with Crippen LogP contribution in [0.5, 0.6) is 0 Å². The third-order valence-electron chi connectivity index (χ3n) is 7.67. The number of aromatic nitrogens is 2. The molecule has 1 aromatic carbocycles. The van der Waals surface area contributed by atoms with E-state index >= 15 is 0 Å². The first kappa shape index (κ1) is 21.7. The normalized spacial score (nSPS) is 21.0. The third-order valence-corrected chi connectivity index (χ3v) is 7.67. The summed E-state index contributed by atoms with van der Waals surface area (Å²) < 4.78 is 0. The van der Waals surface area contributed by atoms with Gasteiger partial charge in [-0.15, -0.1) is 0 Å². The number of aldehydes is 3. The van der Waals surface area contributed by atoms with Gasteiger partial charge in [0.15, 0.2) is 18.9 Å². The van der Waals surface area contributed by atoms with Crippen LogP contribution in [0.15, 0.2) is 30.6 Å². The number of likely N-dealkylation sites (tertiary alicyclic amines) is 1. The minimum atomic E-state index is 0.368. The van der Waals surface area contributed by atoms with E-state index in [-0.39, 0.29) is 0 Å². The lowest BCUT2D eigenvalue weighted by Crippen LogP contribution is -2.64. The van der Waals surface area contributed by atoms with Gasteiger partial charge in [0.1, 0.15) is 11.5 Å². The number of nitrogens with zero attached hydrogens (tertiary/aromatic N) is 5. The molecule has 8 nitrogen and oxygen atoms in total. The van der Waals surface area contributed by atoms with Crippen LogP contribution in [-0.4, -0.2) is 79.0 Å². The van der Waals surface area contributed by atoms with Crippen LogP contribution >= 0.6 is 0 Å². The van der Waals surface area contributed by atoms with E-state index in [4.69, 9.17) is 0 Å². The van der Waals surface area contributed by atoms with Crippen molar-refractivity contribution in [3.8, 4) is 0 Å². The molecule has 5 rings (SSSR count). The molecule has 0 amide bonds. The Bertz CT molecular complexity index is 1020. The maximum atomic E-state index is 11.3. The molecule has 172 valence electrons. The van der Waals surface area contributed by atoms with Crippen LogP contribution in [0.1, 0.15) is 56.9 Å². The van der Waals surface area contributed by atoms with E-state index in [0.717, 1.165) is 82.2 Å². The summed E-state index contributed by atoms with van der Waals surface area (Å²) in [5, 5.41) is 0. The van der Waals surface area contributed by atoms with Crippen molar-refractivity contribution < 1.29 is 14.4 Å². The Morgan fingerprint density at radius 3 is 2.15 bits per heavy atom. The van der Waals surface area contributed by atoms with Crippen molar-refractivity contribution in [2.75, 3.05) is 49.1 Å². The summed E-state index contributed by atoms with van der Waals surface area (Å²) in [7, 11) is 0. The molecule has 0 atom stereocenters. The van der Waals surface area contributed by atoms with Crippen molar-refractivity contribution >= 4 is 30.4 Å². The highest BCUT2D eigenvalue weighted by Gasteiger charge is 2.47. The molecule has 1 aromatic heterocycles. The van der Waals surface area contributed by atoms with E-state index in [2.05, 4.69) is 24.7 Å². The fourth-order valence-corrected chi connectivity index (χ4v) is 5.61. The number of hydrogen-bond donors (Lipinski definition) is 0. The third kappa shape index (κ3) is 4.27. The monoisotopic (exact) mass is 447 g/mol. The van der Waals surface area contributed by atoms with Gasteiger partial charge in [-0.05, 0) is 49.3 Å². The van der Waals surface area contributed by atoms with E-state index in [1.807, 2.05) is 12.1 Å². The van der Waals surface area contributed by atoms with Crippen molar-refractivity contribution in [2.45, 2.75) is 31.7 Å². The highest BCUT2D eigenvalue weighted by Crippen LogP contribution is 2.43. The summed E-state index contributed by atoms with van der Waals surface area (Å²) in [4.78, 5) is 48.9. The Balaban J connectivity index is 1.11. The van der Waals surface area contributed by atoms with Crippen molar-refractivity contribution in [3.05, 3.63) is 47.4 Å². The summed E-state index contributed by atoms with van der Waals surface area (Å²) in [6, 6.07) is 6.16. The van der Waals surface area contributed by atoms with E-state index in [1.54, 1.807) is 12.3 Å². The Kier molecular flexibility index (Phi) is 5.93. The summed E-state index contributed by atoms with van der Waals surface area (Å²) in [5.74, 6) is 0.852. The molecule has 4 heterocycles. The Hall–Kier alpha value is -3.13. The summed E-state index contributed by atoms with van der Waals surface area (Å²) in [5.41, 5.74) is 2.74. The van der Waals surface area contributed by atoms with Gasteiger partial charge in [-0.2, -0.15) is 0 Å². The highest BCUT2D eigenvalue weighted by atomic mass is 16.1. The van der Waals surface area contributed by atoms with Gasteiger partial charge in [0, 0.05) is 62.1 Å². The summed E-state index contributed by atoms with van der Waals surface area (Å²) in [6.07, 6.45) is 10.0. The number of benzene rings is 1. The average molecular weight is 448 g/mol. The van der Waals surface area contributed by atoms with Gasteiger partial charge < -0.3 is 9.80 Å². The predicted molar refractivity (Wildman–Crippen MR) is 125 cm³/mol. The molecule has 0 radical (unpaired) electrons. The quantitative estimate of drug-likeness (QED) is 0.625. The first-order valence-electron chi connectivity index (χ1n) is 11.7. The Labute approximate surface area is 193 Å². The number of rotatable bonds is 6. The van der Waals surface area contributed by atoms with Crippen LogP contribution in [0.2, 0.25) is 0 Å². The van der Waals surface area contributed by atoms with E-state index in [1.165, 1.54) is 19.3 Å². The predicted octanol–water partition coefficient (Wildman–Crippen LogP) is 2.49.